The van der Waals surface area contributed by atoms with Gasteiger partial charge in [0.2, 0.25) is 0 Å². The molecule has 4 rings (SSSR count). The highest BCUT2D eigenvalue weighted by molar-refractivity contribution is 5.93. The minimum Gasteiger partial charge on any atom is -0.395 e. The van der Waals surface area contributed by atoms with E-state index < -0.39 is 110 Å². The van der Waals surface area contributed by atoms with Crippen LogP contribution in [0, 0.1) is 10.8 Å². The van der Waals surface area contributed by atoms with E-state index >= 15 is 0 Å². The number of aliphatic hydroxyl groups is 9. The van der Waals surface area contributed by atoms with E-state index in [0.717, 1.165) is 25.9 Å². The van der Waals surface area contributed by atoms with Crippen molar-refractivity contribution in [1.29, 1.82) is 10.8 Å². The summed E-state index contributed by atoms with van der Waals surface area (Å²) in [5, 5.41) is 121. The highest BCUT2D eigenvalue weighted by Crippen LogP contribution is 2.38. The smallest absolute Gasteiger partial charge is 0.265 e. The Morgan fingerprint density at radius 3 is 1.83 bits per heavy atom. The lowest BCUT2D eigenvalue weighted by Gasteiger charge is -2.47. The highest BCUT2D eigenvalue weighted by Gasteiger charge is 2.61. The van der Waals surface area contributed by atoms with E-state index in [9.17, 15) is 45.3 Å². The van der Waals surface area contributed by atoms with Gasteiger partial charge in [0, 0.05) is 43.1 Å². The predicted molar refractivity (Wildman–Crippen MR) is 226 cm³/mol. The second kappa shape index (κ2) is 27.6. The van der Waals surface area contributed by atoms with E-state index in [1.54, 1.807) is 12.1 Å². The molecule has 27 nitrogen and oxygen atoms in total. The normalized spacial score (nSPS) is 34.4. The Kier molecular flexibility index (Phi) is 24.3. The van der Waals surface area contributed by atoms with E-state index in [2.05, 4.69) is 31.6 Å². The third-order valence-electron chi connectivity index (χ3n) is 10.9. The SMILES string of the molecule is CC[C@@H](CO)NCCN[C@@H](CC)CO.CN[C@@H]1[C@H](O[C@H]2[C@H](O[C@H]3[C@H](O)[C@@H](O)[C@H](NC(=N)N)[C@@H](O)[C@@H]3NC(=N)N)O[C@@H](C)[C@]2(O)C=O)O[C@@H](CO)[C@H](O)[C@H]1O.NNC(=O)c1ccncc1. The zero-order valence-electron chi connectivity index (χ0n) is 36.2. The number of likely N-dealkylation sites (N-methyl/N-ethyl adjacent to an activating group) is 1. The summed E-state index contributed by atoms with van der Waals surface area (Å²) < 4.78 is 22.9. The lowest BCUT2D eigenvalue weighted by molar-refractivity contribution is -0.314. The molecule has 2 saturated heterocycles. The molecule has 23 N–H and O–H groups in total. The quantitative estimate of drug-likeness (QED) is 0.0116. The minimum absolute atomic E-state index is 0.136. The Hall–Kier alpha value is -3.85. The van der Waals surface area contributed by atoms with Gasteiger partial charge in [0.05, 0.1) is 50.2 Å². The first kappa shape index (κ1) is 56.3. The molecule has 3 aliphatic rings. The summed E-state index contributed by atoms with van der Waals surface area (Å²) in [4.78, 5) is 26.6. The Labute approximate surface area is 370 Å². The lowest BCUT2D eigenvalue weighted by Crippen LogP contribution is -2.73. The maximum atomic E-state index is 12.1. The Balaban J connectivity index is 0.000000476. The van der Waals surface area contributed by atoms with Gasteiger partial charge >= 0.3 is 0 Å². The first-order chi connectivity index (χ1) is 30.3. The van der Waals surface area contributed by atoms with Crippen molar-refractivity contribution in [1.82, 2.24) is 37.0 Å². The van der Waals surface area contributed by atoms with Crippen molar-refractivity contribution in [2.45, 2.75) is 137 Å². The number of guanidine groups is 2. The molecule has 0 unspecified atom stereocenters. The van der Waals surface area contributed by atoms with E-state index in [0.29, 0.717) is 5.56 Å². The summed E-state index contributed by atoms with van der Waals surface area (Å²) in [6, 6.07) is -0.382. The average Bonchev–Trinajstić information content (AvgIpc) is 3.52. The van der Waals surface area contributed by atoms with Crippen molar-refractivity contribution in [3.05, 3.63) is 30.1 Å². The molecule has 1 aliphatic carbocycles. The summed E-state index contributed by atoms with van der Waals surface area (Å²) >= 11 is 0. The lowest BCUT2D eigenvalue weighted by atomic mass is 9.81. The zero-order valence-corrected chi connectivity index (χ0v) is 36.2. The predicted octanol–water partition coefficient (Wildman–Crippen LogP) is -8.35. The number of aromatic nitrogens is 1. The molecule has 17 atom stereocenters. The molecule has 368 valence electrons. The number of aldehydes is 1. The van der Waals surface area contributed by atoms with Crippen LogP contribution in [0.1, 0.15) is 44.0 Å². The molecule has 0 aromatic carbocycles. The van der Waals surface area contributed by atoms with Gasteiger partial charge in [-0.25, -0.2) is 5.84 Å². The number of pyridine rings is 1. The second-order valence-electron chi connectivity index (χ2n) is 15.2. The Morgan fingerprint density at radius 2 is 1.38 bits per heavy atom. The van der Waals surface area contributed by atoms with Crippen molar-refractivity contribution in [2.24, 2.45) is 17.3 Å². The number of nitrogens with two attached hydrogens (primary N) is 3. The first-order valence-electron chi connectivity index (χ1n) is 20.6. The number of hydrogen-bond acceptors (Lipinski definition) is 22. The van der Waals surface area contributed by atoms with E-state index in [1.807, 2.05) is 19.3 Å². The van der Waals surface area contributed by atoms with Crippen LogP contribution in [0.25, 0.3) is 0 Å². The van der Waals surface area contributed by atoms with Gasteiger partial charge in [-0.2, -0.15) is 0 Å². The number of rotatable bonds is 19. The summed E-state index contributed by atoms with van der Waals surface area (Å²) in [5.74, 6) is 3.29. The molecule has 64 heavy (non-hydrogen) atoms. The number of ether oxygens (including phenoxy) is 4. The van der Waals surface area contributed by atoms with E-state index in [-0.39, 0.29) is 37.5 Å². The molecule has 0 radical (unpaired) electrons. The van der Waals surface area contributed by atoms with Crippen LogP contribution in [0.3, 0.4) is 0 Å². The number of amides is 1. The molecule has 1 aromatic heterocycles. The highest BCUT2D eigenvalue weighted by atomic mass is 16.8. The van der Waals surface area contributed by atoms with Gasteiger partial charge < -0.3 is 103 Å². The van der Waals surface area contributed by atoms with Crippen LogP contribution >= 0.6 is 0 Å². The molecule has 1 amide bonds. The molecule has 3 heterocycles. The number of nitrogens with one attached hydrogen (secondary N) is 8. The number of carbonyl (C=O) groups is 2. The minimum atomic E-state index is -2.39. The van der Waals surface area contributed by atoms with Gasteiger partial charge in [0.15, 0.2) is 36.4 Å². The van der Waals surface area contributed by atoms with Crippen LogP contribution in [-0.2, 0) is 23.7 Å². The molecule has 0 bridgehead atoms. The second-order valence-corrected chi connectivity index (χ2v) is 15.2. The monoisotopic (exact) mass is 923 g/mol. The van der Waals surface area contributed by atoms with Gasteiger partial charge in [0.25, 0.3) is 5.91 Å². The largest absolute Gasteiger partial charge is 0.395 e. The van der Waals surface area contributed by atoms with Gasteiger partial charge in [0.1, 0.15) is 42.7 Å². The van der Waals surface area contributed by atoms with Crippen molar-refractivity contribution in [3.8, 4) is 0 Å². The molecule has 3 fully saturated rings. The molecular formula is C37H70N12O15. The number of hydrogen-bond donors (Lipinski definition) is 20. The number of aliphatic hydroxyl groups excluding tert-OH is 8. The van der Waals surface area contributed by atoms with Crippen LogP contribution in [0.5, 0.6) is 0 Å². The summed E-state index contributed by atoms with van der Waals surface area (Å²) in [7, 11) is 1.41. The van der Waals surface area contributed by atoms with Crippen LogP contribution in [0.2, 0.25) is 0 Å². The van der Waals surface area contributed by atoms with Crippen molar-refractivity contribution in [3.63, 3.8) is 0 Å². The summed E-state index contributed by atoms with van der Waals surface area (Å²) in [5.41, 5.74) is 10.9. The van der Waals surface area contributed by atoms with E-state index in [1.165, 1.54) is 26.4 Å². The molecule has 2 aliphatic heterocycles. The maximum absolute atomic E-state index is 12.1. The van der Waals surface area contributed by atoms with Crippen molar-refractivity contribution < 1.29 is 74.5 Å². The topological polar surface area (TPSA) is 464 Å². The number of hydrazine groups is 1. The fraction of sp³-hybridized carbons (Fsp3) is 0.757. The zero-order chi connectivity index (χ0) is 48.3. The first-order valence-corrected chi connectivity index (χ1v) is 20.6. The van der Waals surface area contributed by atoms with Crippen molar-refractivity contribution in [2.75, 3.05) is 40.0 Å². The number of nitrogens with zero attached hydrogens (tertiary/aromatic N) is 1. The molecule has 1 aromatic rings. The van der Waals surface area contributed by atoms with Gasteiger partial charge in [-0.15, -0.1) is 0 Å². The number of carbonyl (C=O) groups excluding carboxylic acids is 2. The molecular weight excluding hydrogens is 852 g/mol. The fourth-order valence-electron chi connectivity index (χ4n) is 6.99. The fourth-order valence-corrected chi connectivity index (χ4v) is 6.99. The average molecular weight is 923 g/mol. The summed E-state index contributed by atoms with van der Waals surface area (Å²) in [6.07, 6.45) is -12.3. The maximum Gasteiger partial charge on any atom is 0.265 e. The Bertz CT molecular complexity index is 1530. The summed E-state index contributed by atoms with van der Waals surface area (Å²) in [6.45, 7) is 6.74. The van der Waals surface area contributed by atoms with Gasteiger partial charge in [-0.1, -0.05) is 13.8 Å². The van der Waals surface area contributed by atoms with Gasteiger partial charge in [-0.3, -0.25) is 30.8 Å². The Morgan fingerprint density at radius 1 is 0.844 bits per heavy atom. The third kappa shape index (κ3) is 15.1. The van der Waals surface area contributed by atoms with Gasteiger partial charge in [-0.05, 0) is 38.9 Å². The van der Waals surface area contributed by atoms with Crippen molar-refractivity contribution >= 4 is 24.1 Å². The molecule has 27 heteroatoms. The van der Waals surface area contributed by atoms with Crippen LogP contribution in [0.4, 0.5) is 0 Å². The van der Waals surface area contributed by atoms with E-state index in [4.69, 9.17) is 57.3 Å². The van der Waals surface area contributed by atoms with Crippen LogP contribution < -0.4 is 49.3 Å². The third-order valence-corrected chi connectivity index (χ3v) is 10.9. The van der Waals surface area contributed by atoms with Crippen LogP contribution in [0.15, 0.2) is 24.5 Å². The standard InChI is InChI=1S/C21H39N7O12.C10H24N2O2.C6H7N3O/c1-5-21(36,4-30)16(40-17-9(26-2)13(34)10(31)6(3-29)38-17)18(37-5)39-15-8(28-20(24)25)11(32)7(27-19(22)23)12(33)14(15)35;1-3-9(7-13)11-5-6-12-10(4-2)8-14;7-9-6(10)5-1-3-8-4-2-5/h4-18,26,29,31-36H,3H2,1-2H3,(H4,22,23,27)(H4,24,25,28);9-14H,3-8H2,1-2H3;1-4H,7H2,(H,9,10)/t5-,6-,7+,8-,9-,10-,11+,12-,13-,14+,15+,16-,17-,18-,21+;9-,10-;/m00./s1. The molecule has 0 spiro atoms. The molecule has 1 saturated carbocycles. The number of nitrogen functional groups attached to an aromatic ring is 1. The van der Waals surface area contributed by atoms with Crippen LogP contribution in [-0.4, -0.2) is 218 Å².